The van der Waals surface area contributed by atoms with Crippen molar-refractivity contribution < 1.29 is 19.1 Å². The van der Waals surface area contributed by atoms with E-state index in [0.29, 0.717) is 25.1 Å². The molecule has 0 radical (unpaired) electrons. The molecule has 124 valence electrons. The molecule has 1 aliphatic rings. The summed E-state index contributed by atoms with van der Waals surface area (Å²) >= 11 is 0. The predicted molar refractivity (Wildman–Crippen MR) is 84.7 cm³/mol. The lowest BCUT2D eigenvalue weighted by Gasteiger charge is -2.31. The van der Waals surface area contributed by atoms with Gasteiger partial charge in [0.2, 0.25) is 5.91 Å². The summed E-state index contributed by atoms with van der Waals surface area (Å²) < 4.78 is 5.10. The number of carbonyl (C=O) groups excluding carboxylic acids is 3. The summed E-state index contributed by atoms with van der Waals surface area (Å²) in [4.78, 5) is 36.9. The van der Waals surface area contributed by atoms with Crippen LogP contribution in [0.3, 0.4) is 0 Å². The predicted octanol–water partition coefficient (Wildman–Crippen LogP) is 1.18. The van der Waals surface area contributed by atoms with Crippen LogP contribution in [-0.4, -0.2) is 42.4 Å². The topological polar surface area (TPSA) is 89.7 Å². The van der Waals surface area contributed by atoms with Gasteiger partial charge in [-0.15, -0.1) is 0 Å². The first-order valence-electron chi connectivity index (χ1n) is 7.69. The molecule has 0 bridgehead atoms. The lowest BCUT2D eigenvalue weighted by Crippen LogP contribution is -2.45. The van der Waals surface area contributed by atoms with Gasteiger partial charge in [0.1, 0.15) is 0 Å². The fourth-order valence-electron chi connectivity index (χ4n) is 2.83. The number of nitrogens with two attached hydrogens (primary N) is 1. The van der Waals surface area contributed by atoms with Crippen LogP contribution >= 0.6 is 0 Å². The van der Waals surface area contributed by atoms with Crippen molar-refractivity contribution in [3.63, 3.8) is 0 Å². The quantitative estimate of drug-likeness (QED) is 0.844. The molecule has 2 amide bonds. The Bertz CT molecular complexity index is 607. The van der Waals surface area contributed by atoms with E-state index in [1.165, 1.54) is 4.90 Å². The number of benzene rings is 1. The molecule has 1 aromatic carbocycles. The van der Waals surface area contributed by atoms with Gasteiger partial charge >= 0.3 is 5.97 Å². The van der Waals surface area contributed by atoms with Crippen LogP contribution in [0.1, 0.15) is 34.3 Å². The van der Waals surface area contributed by atoms with Gasteiger partial charge in [-0.05, 0) is 38.8 Å². The monoisotopic (exact) mass is 318 g/mol. The van der Waals surface area contributed by atoms with Gasteiger partial charge in [-0.25, -0.2) is 4.79 Å². The maximum atomic E-state index is 12.1. The van der Waals surface area contributed by atoms with Crippen LogP contribution in [0, 0.1) is 19.8 Å². The lowest BCUT2D eigenvalue weighted by molar-refractivity contribution is -0.137. The highest BCUT2D eigenvalue weighted by Crippen LogP contribution is 2.16. The molecule has 23 heavy (non-hydrogen) atoms. The minimum absolute atomic E-state index is 0.298. The molecule has 0 aliphatic carbocycles. The van der Waals surface area contributed by atoms with Gasteiger partial charge < -0.3 is 15.4 Å². The highest BCUT2D eigenvalue weighted by molar-refractivity contribution is 5.91. The molecule has 1 saturated heterocycles. The highest BCUT2D eigenvalue weighted by atomic mass is 16.5. The third-order valence-corrected chi connectivity index (χ3v) is 3.96. The number of carbonyl (C=O) groups is 3. The molecular formula is C17H22N2O4. The normalized spacial score (nSPS) is 17.7. The highest BCUT2D eigenvalue weighted by Gasteiger charge is 2.27. The van der Waals surface area contributed by atoms with E-state index in [9.17, 15) is 14.4 Å². The zero-order valence-corrected chi connectivity index (χ0v) is 13.5. The number of hydrogen-bond acceptors (Lipinski definition) is 4. The van der Waals surface area contributed by atoms with Gasteiger partial charge in [0.25, 0.3) is 5.91 Å². The fourth-order valence-corrected chi connectivity index (χ4v) is 2.83. The Labute approximate surface area is 135 Å². The Balaban J connectivity index is 1.90. The van der Waals surface area contributed by atoms with Crippen molar-refractivity contribution in [1.29, 1.82) is 0 Å². The number of rotatable bonds is 4. The van der Waals surface area contributed by atoms with Gasteiger partial charge in [0, 0.05) is 13.1 Å². The lowest BCUT2D eigenvalue weighted by atomic mass is 9.97. The molecule has 0 aromatic heterocycles. The largest absolute Gasteiger partial charge is 0.452 e. The fraction of sp³-hybridized carbons (Fsp3) is 0.471. The Kier molecular flexibility index (Phi) is 5.36. The van der Waals surface area contributed by atoms with Crippen LogP contribution < -0.4 is 5.73 Å². The number of primary amides is 1. The molecule has 1 heterocycles. The van der Waals surface area contributed by atoms with Crippen molar-refractivity contribution in [2.75, 3.05) is 19.7 Å². The average Bonchev–Trinajstić information content (AvgIpc) is 2.51. The third kappa shape index (κ3) is 4.55. The van der Waals surface area contributed by atoms with Crippen molar-refractivity contribution in [2.24, 2.45) is 11.7 Å². The van der Waals surface area contributed by atoms with Crippen LogP contribution in [0.15, 0.2) is 18.2 Å². The SMILES string of the molecule is Cc1cc(C)cc(C(=O)OCC(=O)N2CCC[C@H](C(N)=O)C2)c1. The average molecular weight is 318 g/mol. The second kappa shape index (κ2) is 7.26. The van der Waals surface area contributed by atoms with Crippen LogP contribution in [0.2, 0.25) is 0 Å². The number of likely N-dealkylation sites (tertiary alicyclic amines) is 1. The Morgan fingerprint density at radius 2 is 1.87 bits per heavy atom. The summed E-state index contributed by atoms with van der Waals surface area (Å²) in [5.74, 6) is -1.53. The van der Waals surface area contributed by atoms with E-state index in [2.05, 4.69) is 0 Å². The second-order valence-electron chi connectivity index (χ2n) is 6.03. The van der Waals surface area contributed by atoms with E-state index in [0.717, 1.165) is 17.5 Å². The van der Waals surface area contributed by atoms with Gasteiger partial charge in [-0.3, -0.25) is 9.59 Å². The summed E-state index contributed by atoms with van der Waals surface area (Å²) in [6.45, 7) is 4.33. The molecule has 6 nitrogen and oxygen atoms in total. The van der Waals surface area contributed by atoms with E-state index in [4.69, 9.17) is 10.5 Å². The number of esters is 1. The molecule has 1 atom stereocenters. The van der Waals surface area contributed by atoms with Crippen molar-refractivity contribution >= 4 is 17.8 Å². The summed E-state index contributed by atoms with van der Waals surface area (Å²) in [6.07, 6.45) is 1.42. The van der Waals surface area contributed by atoms with Crippen molar-refractivity contribution in [3.8, 4) is 0 Å². The zero-order valence-electron chi connectivity index (χ0n) is 13.5. The summed E-state index contributed by atoms with van der Waals surface area (Å²) in [5, 5.41) is 0. The van der Waals surface area contributed by atoms with E-state index in [-0.39, 0.29) is 18.4 Å². The van der Waals surface area contributed by atoms with Crippen molar-refractivity contribution in [3.05, 3.63) is 34.9 Å². The number of amides is 2. The standard InChI is InChI=1S/C17H22N2O4/c1-11-6-12(2)8-14(7-11)17(22)23-10-15(20)19-5-3-4-13(9-19)16(18)21/h6-8,13H,3-5,9-10H2,1-2H3,(H2,18,21)/t13-/m0/s1. The molecule has 1 aliphatic heterocycles. The maximum absolute atomic E-state index is 12.1. The Hall–Kier alpha value is -2.37. The Morgan fingerprint density at radius 1 is 1.22 bits per heavy atom. The summed E-state index contributed by atoms with van der Waals surface area (Å²) in [7, 11) is 0. The first kappa shape index (κ1) is 17.0. The third-order valence-electron chi connectivity index (χ3n) is 3.96. The first-order valence-corrected chi connectivity index (χ1v) is 7.69. The van der Waals surface area contributed by atoms with E-state index in [1.54, 1.807) is 12.1 Å². The summed E-state index contributed by atoms with van der Waals surface area (Å²) in [6, 6.07) is 5.41. The molecule has 1 aromatic rings. The van der Waals surface area contributed by atoms with Gasteiger partial charge in [0.15, 0.2) is 6.61 Å². The number of aryl methyl sites for hydroxylation is 2. The molecule has 0 spiro atoms. The number of piperidine rings is 1. The molecule has 2 N–H and O–H groups in total. The molecule has 1 fully saturated rings. The van der Waals surface area contributed by atoms with Gasteiger partial charge in [-0.1, -0.05) is 17.2 Å². The number of nitrogens with zero attached hydrogens (tertiary/aromatic N) is 1. The second-order valence-corrected chi connectivity index (χ2v) is 6.03. The Morgan fingerprint density at radius 3 is 2.48 bits per heavy atom. The van der Waals surface area contributed by atoms with Gasteiger partial charge in [0.05, 0.1) is 11.5 Å². The van der Waals surface area contributed by atoms with E-state index < -0.39 is 11.9 Å². The van der Waals surface area contributed by atoms with E-state index in [1.807, 2.05) is 19.9 Å². The van der Waals surface area contributed by atoms with Crippen molar-refractivity contribution in [1.82, 2.24) is 4.90 Å². The molecule has 0 unspecified atom stereocenters. The van der Waals surface area contributed by atoms with Crippen molar-refractivity contribution in [2.45, 2.75) is 26.7 Å². The molecule has 0 saturated carbocycles. The maximum Gasteiger partial charge on any atom is 0.338 e. The summed E-state index contributed by atoms with van der Waals surface area (Å²) in [5.41, 5.74) is 7.65. The van der Waals surface area contributed by atoms with Gasteiger partial charge in [-0.2, -0.15) is 0 Å². The number of ether oxygens (including phenoxy) is 1. The van der Waals surface area contributed by atoms with Crippen LogP contribution in [-0.2, 0) is 14.3 Å². The minimum atomic E-state index is -0.520. The van der Waals surface area contributed by atoms with Crippen LogP contribution in [0.5, 0.6) is 0 Å². The molecule has 2 rings (SSSR count). The van der Waals surface area contributed by atoms with Crippen LogP contribution in [0.4, 0.5) is 0 Å². The smallest absolute Gasteiger partial charge is 0.338 e. The zero-order chi connectivity index (χ0) is 17.0. The van der Waals surface area contributed by atoms with Crippen LogP contribution in [0.25, 0.3) is 0 Å². The number of hydrogen-bond donors (Lipinski definition) is 1. The van der Waals surface area contributed by atoms with E-state index >= 15 is 0 Å². The molecular weight excluding hydrogens is 296 g/mol. The molecule has 6 heteroatoms. The first-order chi connectivity index (χ1) is 10.9. The minimum Gasteiger partial charge on any atom is -0.452 e.